The first-order valence-corrected chi connectivity index (χ1v) is 4.46. The van der Waals surface area contributed by atoms with E-state index in [1.165, 1.54) is 0 Å². The van der Waals surface area contributed by atoms with Crippen molar-refractivity contribution in [3.8, 4) is 0 Å². The summed E-state index contributed by atoms with van der Waals surface area (Å²) in [5.41, 5.74) is 5.23. The van der Waals surface area contributed by atoms with Gasteiger partial charge in [0.2, 0.25) is 0 Å². The Kier molecular flexibility index (Phi) is 14.9. The summed E-state index contributed by atoms with van der Waals surface area (Å²) in [4.78, 5) is 18.3. The van der Waals surface area contributed by atoms with Crippen molar-refractivity contribution < 1.29 is 43.9 Å². The first-order chi connectivity index (χ1) is 3.92. The summed E-state index contributed by atoms with van der Waals surface area (Å²) in [6, 6.07) is -0.167. The van der Waals surface area contributed by atoms with Crippen LogP contribution in [0.15, 0.2) is 0 Å². The van der Waals surface area contributed by atoms with Crippen molar-refractivity contribution >= 4 is 37.2 Å². The number of hydrogen-bond acceptors (Lipinski definition) is 3. The van der Waals surface area contributed by atoms with Crippen molar-refractivity contribution in [2.45, 2.75) is 19.4 Å². The predicted octanol–water partition coefficient (Wildman–Crippen LogP) is -4.11. The van der Waals surface area contributed by atoms with Crippen LogP contribution in [0.2, 0.25) is 0 Å². The molecule has 0 saturated carbocycles. The third-order valence-electron chi connectivity index (χ3n) is 0.867. The van der Waals surface area contributed by atoms with E-state index in [1.807, 2.05) is 0 Å². The van der Waals surface area contributed by atoms with E-state index in [9.17, 15) is 9.46 Å². The summed E-state index contributed by atoms with van der Waals surface area (Å²) in [6.45, 7) is 1.69. The van der Waals surface area contributed by atoms with Gasteiger partial charge in [-0.05, 0) is 13.3 Å². The molecule has 0 spiro atoms. The van der Waals surface area contributed by atoms with Crippen molar-refractivity contribution in [2.75, 3.05) is 6.16 Å². The van der Waals surface area contributed by atoms with Crippen LogP contribution < -0.4 is 40.2 Å². The van der Waals surface area contributed by atoms with Gasteiger partial charge in [0.05, 0.1) is 0 Å². The molecule has 0 rings (SSSR count). The Hall–Kier alpha value is 2.11. The molecule has 0 aliphatic heterocycles. The Morgan fingerprint density at radius 3 is 2.18 bits per heavy atom. The summed E-state index contributed by atoms with van der Waals surface area (Å²) in [5, 5.41) is 0. The molecule has 0 amide bonds. The van der Waals surface area contributed by atoms with E-state index in [0.717, 1.165) is 0 Å². The zero-order valence-electron chi connectivity index (χ0n) is 7.28. The standard InChI is InChI=1S/C4H12NO3P.2Na/c1-4(5)2-3-9(6,7)8;;/h4H,2-3,5H2,1H3,(H2,6,7,8);;/q;;+1/p-1. The van der Waals surface area contributed by atoms with Crippen molar-refractivity contribution in [1.29, 1.82) is 0 Å². The Labute approximate surface area is 111 Å². The Morgan fingerprint density at radius 2 is 2.09 bits per heavy atom. The van der Waals surface area contributed by atoms with Crippen molar-refractivity contribution in [1.82, 2.24) is 0 Å². The normalized spacial score (nSPS) is 17.1. The fourth-order valence-corrected chi connectivity index (χ4v) is 1.10. The van der Waals surface area contributed by atoms with E-state index in [1.54, 1.807) is 6.92 Å². The number of hydrogen-bond donors (Lipinski definition) is 2. The van der Waals surface area contributed by atoms with Crippen LogP contribution in [0.25, 0.3) is 0 Å². The molecule has 0 aliphatic rings. The van der Waals surface area contributed by atoms with Gasteiger partial charge in [-0.2, -0.15) is 0 Å². The second-order valence-corrected chi connectivity index (χ2v) is 3.85. The van der Waals surface area contributed by atoms with E-state index >= 15 is 0 Å². The molecule has 7 heteroatoms. The molecule has 2 unspecified atom stereocenters. The molecule has 0 aliphatic carbocycles. The SMILES string of the molecule is CC(N)CCP(=O)([O-])O.[Na+].[Na]. The van der Waals surface area contributed by atoms with Gasteiger partial charge < -0.3 is 20.1 Å². The van der Waals surface area contributed by atoms with Crippen LogP contribution in [0.1, 0.15) is 13.3 Å². The molecule has 0 saturated heterocycles. The summed E-state index contributed by atoms with van der Waals surface area (Å²) >= 11 is 0. The average Bonchev–Trinajstić information content (AvgIpc) is 1.59. The molecule has 0 aromatic carbocycles. The maximum Gasteiger partial charge on any atom is 1.00 e. The molecule has 0 aromatic heterocycles. The zero-order chi connectivity index (χ0) is 7.49. The second-order valence-electron chi connectivity index (χ2n) is 2.13. The Bertz CT molecular complexity index is 127. The molecule has 0 fully saturated rings. The van der Waals surface area contributed by atoms with Crippen LogP contribution in [0, 0.1) is 0 Å². The molecule has 57 valence electrons. The van der Waals surface area contributed by atoms with Crippen LogP contribution in [0.4, 0.5) is 0 Å². The van der Waals surface area contributed by atoms with Gasteiger partial charge in [-0.15, -0.1) is 0 Å². The number of nitrogens with two attached hydrogens (primary N) is 1. The topological polar surface area (TPSA) is 86.4 Å². The molecule has 1 radical (unpaired) electrons. The number of rotatable bonds is 3. The molecular weight excluding hydrogens is 187 g/mol. The van der Waals surface area contributed by atoms with E-state index in [0.29, 0.717) is 6.42 Å². The summed E-state index contributed by atoms with van der Waals surface area (Å²) in [5.74, 6) is 0. The van der Waals surface area contributed by atoms with Gasteiger partial charge in [0.15, 0.2) is 0 Å². The minimum atomic E-state index is -4.05. The predicted molar refractivity (Wildman–Crippen MR) is 38.7 cm³/mol. The van der Waals surface area contributed by atoms with Crippen LogP contribution in [-0.2, 0) is 4.57 Å². The van der Waals surface area contributed by atoms with Crippen molar-refractivity contribution in [2.24, 2.45) is 5.73 Å². The van der Waals surface area contributed by atoms with Crippen LogP contribution in [0.5, 0.6) is 0 Å². The molecule has 3 N–H and O–H groups in total. The molecule has 4 nitrogen and oxygen atoms in total. The van der Waals surface area contributed by atoms with Crippen LogP contribution in [-0.4, -0.2) is 46.7 Å². The monoisotopic (exact) mass is 198 g/mol. The Morgan fingerprint density at radius 1 is 1.73 bits per heavy atom. The van der Waals surface area contributed by atoms with E-state index in [2.05, 4.69) is 0 Å². The Balaban J connectivity index is -0.000000320. The van der Waals surface area contributed by atoms with E-state index in [-0.39, 0.29) is 71.3 Å². The fourth-order valence-electron chi connectivity index (χ4n) is 0.367. The van der Waals surface area contributed by atoms with E-state index in [4.69, 9.17) is 10.6 Å². The molecule has 0 aromatic rings. The quantitative estimate of drug-likeness (QED) is 0.356. The van der Waals surface area contributed by atoms with Crippen molar-refractivity contribution in [3.05, 3.63) is 0 Å². The fraction of sp³-hybridized carbons (Fsp3) is 1.00. The maximum atomic E-state index is 10.1. The van der Waals surface area contributed by atoms with Crippen molar-refractivity contribution in [3.63, 3.8) is 0 Å². The molecule has 0 heterocycles. The summed E-state index contributed by atoms with van der Waals surface area (Å²) < 4.78 is 10.1. The first kappa shape index (κ1) is 18.8. The molecule has 2 atom stereocenters. The third kappa shape index (κ3) is 18.8. The van der Waals surface area contributed by atoms with E-state index < -0.39 is 7.60 Å². The largest absolute Gasteiger partial charge is 1.00 e. The average molecular weight is 198 g/mol. The molecule has 11 heavy (non-hydrogen) atoms. The van der Waals surface area contributed by atoms with Gasteiger partial charge in [-0.25, -0.2) is 0 Å². The third-order valence-corrected chi connectivity index (χ3v) is 1.69. The van der Waals surface area contributed by atoms with Crippen LogP contribution in [0.3, 0.4) is 0 Å². The smallest absolute Gasteiger partial charge is 0.779 e. The summed E-state index contributed by atoms with van der Waals surface area (Å²) in [7, 11) is -4.05. The van der Waals surface area contributed by atoms with Gasteiger partial charge >= 0.3 is 29.6 Å². The first-order valence-electron chi connectivity index (χ1n) is 2.70. The van der Waals surface area contributed by atoms with Gasteiger partial charge in [0, 0.05) is 41.8 Å². The second kappa shape index (κ2) is 8.70. The molecule has 0 bridgehead atoms. The maximum absolute atomic E-state index is 10.1. The van der Waals surface area contributed by atoms with Gasteiger partial charge in [0.25, 0.3) is 0 Å². The van der Waals surface area contributed by atoms with Gasteiger partial charge in [-0.1, -0.05) is 0 Å². The summed E-state index contributed by atoms with van der Waals surface area (Å²) in [6.07, 6.45) is 0.0992. The van der Waals surface area contributed by atoms with Gasteiger partial charge in [-0.3, -0.25) is 0 Å². The minimum Gasteiger partial charge on any atom is -0.779 e. The van der Waals surface area contributed by atoms with Gasteiger partial charge in [0.1, 0.15) is 7.60 Å². The minimum absolute atomic E-state index is 0. The van der Waals surface area contributed by atoms with Crippen LogP contribution >= 0.6 is 7.60 Å². The molecular formula is C4H11NNa2O3P. The zero-order valence-corrected chi connectivity index (χ0v) is 12.2.